The van der Waals surface area contributed by atoms with E-state index in [4.69, 9.17) is 4.74 Å². The summed E-state index contributed by atoms with van der Waals surface area (Å²) >= 11 is 0. The monoisotopic (exact) mass is 1020 g/mol. The van der Waals surface area contributed by atoms with Crippen LogP contribution in [0.15, 0.2) is 12.2 Å². The molecule has 72 heavy (non-hydrogen) atoms. The molecule has 428 valence electrons. The van der Waals surface area contributed by atoms with Crippen LogP contribution < -0.4 is 5.32 Å². The van der Waals surface area contributed by atoms with Crippen LogP contribution in [-0.2, 0) is 14.3 Å². The number of esters is 1. The first-order valence-electron chi connectivity index (χ1n) is 33.0. The van der Waals surface area contributed by atoms with E-state index >= 15 is 0 Å². The number of unbranched alkanes of at least 4 members (excludes halogenated alkanes) is 51. The second-order valence-electron chi connectivity index (χ2n) is 22.8. The van der Waals surface area contributed by atoms with Gasteiger partial charge in [0.25, 0.3) is 0 Å². The summed E-state index contributed by atoms with van der Waals surface area (Å²) in [6.45, 7) is 4.94. The number of carbonyl (C=O) groups is 2. The molecule has 0 heterocycles. The maximum atomic E-state index is 12.5. The smallest absolute Gasteiger partial charge is 0.305 e. The Hall–Kier alpha value is -1.40. The number of hydrogen-bond donors (Lipinski definition) is 3. The third kappa shape index (κ3) is 57.9. The van der Waals surface area contributed by atoms with Gasteiger partial charge in [-0.25, -0.2) is 0 Å². The van der Waals surface area contributed by atoms with Crippen molar-refractivity contribution in [3.8, 4) is 0 Å². The summed E-state index contributed by atoms with van der Waals surface area (Å²) in [7, 11) is 0. The van der Waals surface area contributed by atoms with Crippen molar-refractivity contribution in [3.05, 3.63) is 12.2 Å². The Labute approximate surface area is 450 Å². The molecule has 0 bridgehead atoms. The molecule has 0 aliphatic heterocycles. The molecule has 3 N–H and O–H groups in total. The molecular formula is C66H129NO5. The zero-order chi connectivity index (χ0) is 52.2. The van der Waals surface area contributed by atoms with Crippen molar-refractivity contribution < 1.29 is 24.5 Å². The zero-order valence-electron chi connectivity index (χ0n) is 48.9. The maximum Gasteiger partial charge on any atom is 0.305 e. The van der Waals surface area contributed by atoms with Gasteiger partial charge in [0, 0.05) is 12.8 Å². The molecule has 6 heteroatoms. The number of nitrogens with one attached hydrogen (secondary N) is 1. The first-order valence-corrected chi connectivity index (χ1v) is 33.0. The number of aliphatic hydroxyl groups is 2. The Balaban J connectivity index is 3.38. The highest BCUT2D eigenvalue weighted by molar-refractivity contribution is 5.76. The van der Waals surface area contributed by atoms with Crippen LogP contribution >= 0.6 is 0 Å². The fraction of sp³-hybridized carbons (Fsp3) is 0.939. The second-order valence-corrected chi connectivity index (χ2v) is 22.8. The van der Waals surface area contributed by atoms with Gasteiger partial charge in [-0.3, -0.25) is 9.59 Å². The molecule has 0 aliphatic carbocycles. The molecule has 1 amide bonds. The molecule has 0 aromatic rings. The number of hydrogen-bond acceptors (Lipinski definition) is 5. The standard InChI is InChI=1S/C66H129NO5/c1-3-5-7-9-11-13-15-17-19-28-31-34-38-42-46-50-54-58-64(69)63(62-68)67-65(70)59-55-51-47-43-39-35-32-29-26-24-22-20-21-23-25-27-30-33-37-41-45-49-53-57-61-72-66(71)60-56-52-48-44-40-36-18-16-14-12-10-8-6-4-2/h54,58,63-64,68-69H,3-53,55-57,59-62H2,1-2H3,(H,67,70)/b58-54+. The molecule has 0 saturated carbocycles. The lowest BCUT2D eigenvalue weighted by atomic mass is 10.0. The first kappa shape index (κ1) is 70.6. The SMILES string of the molecule is CCCCCCCCCCCCCCCCC/C=C/C(O)C(CO)NC(=O)CCCCCCCCCCCCCCCCCCCCCCCCCCOC(=O)CCCCCCCCCCCCCCCC. The van der Waals surface area contributed by atoms with Crippen molar-refractivity contribution in [2.45, 2.75) is 386 Å². The highest BCUT2D eigenvalue weighted by Crippen LogP contribution is 2.19. The van der Waals surface area contributed by atoms with Crippen molar-refractivity contribution in [1.82, 2.24) is 5.32 Å². The van der Waals surface area contributed by atoms with Crippen LogP contribution in [0, 0.1) is 0 Å². The quantitative estimate of drug-likeness (QED) is 0.0320. The van der Waals surface area contributed by atoms with Gasteiger partial charge in [0.15, 0.2) is 0 Å². The second kappa shape index (κ2) is 62.1. The molecule has 2 atom stereocenters. The number of ether oxygens (including phenoxy) is 1. The Kier molecular flexibility index (Phi) is 60.9. The summed E-state index contributed by atoms with van der Waals surface area (Å²) in [6.07, 6.45) is 75.5. The van der Waals surface area contributed by atoms with E-state index < -0.39 is 12.1 Å². The number of amides is 1. The van der Waals surface area contributed by atoms with E-state index in [9.17, 15) is 19.8 Å². The average molecular weight is 1020 g/mol. The first-order chi connectivity index (χ1) is 35.5. The van der Waals surface area contributed by atoms with Gasteiger partial charge >= 0.3 is 5.97 Å². The number of allylic oxidation sites excluding steroid dienone is 1. The Morgan fingerprint density at radius 2 is 0.639 bits per heavy atom. The van der Waals surface area contributed by atoms with Gasteiger partial charge in [0.05, 0.1) is 25.4 Å². The predicted octanol–water partition coefficient (Wildman–Crippen LogP) is 20.8. The van der Waals surface area contributed by atoms with Crippen LogP contribution in [0.4, 0.5) is 0 Å². The molecule has 0 fully saturated rings. The molecule has 0 aliphatic rings. The molecule has 0 radical (unpaired) electrons. The number of rotatable bonds is 62. The lowest BCUT2D eigenvalue weighted by Gasteiger charge is -2.20. The molecule has 0 saturated heterocycles. The van der Waals surface area contributed by atoms with Crippen LogP contribution in [0.1, 0.15) is 373 Å². The van der Waals surface area contributed by atoms with Crippen LogP contribution in [0.5, 0.6) is 0 Å². The van der Waals surface area contributed by atoms with Crippen molar-refractivity contribution in [3.63, 3.8) is 0 Å². The van der Waals surface area contributed by atoms with Gasteiger partial charge in [-0.2, -0.15) is 0 Å². The van der Waals surface area contributed by atoms with Crippen LogP contribution in [-0.4, -0.2) is 47.4 Å². The summed E-state index contributed by atoms with van der Waals surface area (Å²) in [6, 6.07) is -0.626. The van der Waals surface area contributed by atoms with Crippen LogP contribution in [0.25, 0.3) is 0 Å². The van der Waals surface area contributed by atoms with E-state index in [2.05, 4.69) is 19.2 Å². The molecule has 6 nitrogen and oxygen atoms in total. The van der Waals surface area contributed by atoms with Gasteiger partial charge in [-0.1, -0.05) is 341 Å². The van der Waals surface area contributed by atoms with Crippen LogP contribution in [0.2, 0.25) is 0 Å². The van der Waals surface area contributed by atoms with Gasteiger partial charge in [0.1, 0.15) is 0 Å². The molecule has 2 unspecified atom stereocenters. The number of carbonyl (C=O) groups excluding carboxylic acids is 2. The molecule has 0 spiro atoms. The van der Waals surface area contributed by atoms with Gasteiger partial charge < -0.3 is 20.3 Å². The fourth-order valence-corrected chi connectivity index (χ4v) is 10.5. The Morgan fingerprint density at radius 1 is 0.375 bits per heavy atom. The largest absolute Gasteiger partial charge is 0.466 e. The van der Waals surface area contributed by atoms with E-state index in [1.54, 1.807) is 6.08 Å². The minimum atomic E-state index is -0.843. The van der Waals surface area contributed by atoms with E-state index in [0.717, 1.165) is 38.5 Å². The lowest BCUT2D eigenvalue weighted by molar-refractivity contribution is -0.143. The molecule has 0 aromatic heterocycles. The minimum absolute atomic E-state index is 0.0180. The lowest BCUT2D eigenvalue weighted by Crippen LogP contribution is -2.45. The minimum Gasteiger partial charge on any atom is -0.466 e. The van der Waals surface area contributed by atoms with Crippen LogP contribution in [0.3, 0.4) is 0 Å². The van der Waals surface area contributed by atoms with E-state index in [1.807, 2.05) is 6.08 Å². The summed E-state index contributed by atoms with van der Waals surface area (Å²) < 4.78 is 5.49. The molecule has 0 aromatic carbocycles. The highest BCUT2D eigenvalue weighted by atomic mass is 16.5. The summed E-state index contributed by atoms with van der Waals surface area (Å²) in [5.41, 5.74) is 0. The van der Waals surface area contributed by atoms with Gasteiger partial charge in [-0.05, 0) is 32.1 Å². The molecular weight excluding hydrogens is 887 g/mol. The van der Waals surface area contributed by atoms with Crippen molar-refractivity contribution in [1.29, 1.82) is 0 Å². The average Bonchev–Trinajstić information content (AvgIpc) is 3.38. The normalized spacial score (nSPS) is 12.6. The molecule has 0 rings (SSSR count). The van der Waals surface area contributed by atoms with Crippen molar-refractivity contribution >= 4 is 11.9 Å². The third-order valence-electron chi connectivity index (χ3n) is 15.6. The van der Waals surface area contributed by atoms with Crippen molar-refractivity contribution in [2.75, 3.05) is 13.2 Å². The third-order valence-corrected chi connectivity index (χ3v) is 15.6. The summed E-state index contributed by atoms with van der Waals surface area (Å²) in [4.78, 5) is 24.5. The number of aliphatic hydroxyl groups excluding tert-OH is 2. The predicted molar refractivity (Wildman–Crippen MR) is 315 cm³/mol. The van der Waals surface area contributed by atoms with Gasteiger partial charge in [0.2, 0.25) is 5.91 Å². The summed E-state index contributed by atoms with van der Waals surface area (Å²) in [5, 5.41) is 23.2. The Morgan fingerprint density at radius 3 is 0.944 bits per heavy atom. The summed E-state index contributed by atoms with van der Waals surface area (Å²) in [5.74, 6) is -0.0455. The van der Waals surface area contributed by atoms with E-state index in [1.165, 1.54) is 308 Å². The van der Waals surface area contributed by atoms with Gasteiger partial charge in [-0.15, -0.1) is 0 Å². The zero-order valence-corrected chi connectivity index (χ0v) is 48.9. The topological polar surface area (TPSA) is 95.9 Å². The fourth-order valence-electron chi connectivity index (χ4n) is 10.5. The maximum absolute atomic E-state index is 12.5. The van der Waals surface area contributed by atoms with E-state index in [0.29, 0.717) is 19.4 Å². The highest BCUT2D eigenvalue weighted by Gasteiger charge is 2.18. The Bertz CT molecular complexity index is 1080. The van der Waals surface area contributed by atoms with E-state index in [-0.39, 0.29) is 18.5 Å². The van der Waals surface area contributed by atoms with Crippen molar-refractivity contribution in [2.24, 2.45) is 0 Å².